The molecule has 132 valence electrons. The number of benzene rings is 1. The van der Waals surface area contributed by atoms with E-state index in [2.05, 4.69) is 5.32 Å². The maximum atomic E-state index is 12.2. The van der Waals surface area contributed by atoms with E-state index in [4.69, 9.17) is 11.6 Å². The van der Waals surface area contributed by atoms with Crippen LogP contribution in [0.2, 0.25) is 5.02 Å². The third-order valence-corrected chi connectivity index (χ3v) is 4.47. The van der Waals surface area contributed by atoms with Gasteiger partial charge in [0.1, 0.15) is 11.9 Å². The molecule has 0 saturated heterocycles. The standard InChI is InChI=1S/C17H20ClN5O2/c1-21(2)14(11-7-5-6-8-13(11)18)10-20-15-12(9-19)16(24)23(4)17(25)22(15)3/h5-8,14,20H,10H2,1-4H3. The van der Waals surface area contributed by atoms with Crippen molar-refractivity contribution in [3.63, 3.8) is 0 Å². The predicted octanol–water partition coefficient (Wildman–Crippen LogP) is 1.32. The van der Waals surface area contributed by atoms with Crippen LogP contribution in [0.5, 0.6) is 0 Å². The van der Waals surface area contributed by atoms with Crippen molar-refractivity contribution in [3.8, 4) is 6.07 Å². The molecule has 0 fully saturated rings. The van der Waals surface area contributed by atoms with Gasteiger partial charge in [0.15, 0.2) is 5.56 Å². The largest absolute Gasteiger partial charge is 0.368 e. The molecule has 0 radical (unpaired) electrons. The first-order valence-corrected chi connectivity index (χ1v) is 8.02. The van der Waals surface area contributed by atoms with E-state index in [-0.39, 0.29) is 17.4 Å². The van der Waals surface area contributed by atoms with Crippen LogP contribution in [-0.2, 0) is 14.1 Å². The minimum atomic E-state index is -0.618. The lowest BCUT2D eigenvalue weighted by atomic mass is 10.1. The highest BCUT2D eigenvalue weighted by molar-refractivity contribution is 6.31. The third kappa shape index (κ3) is 3.60. The first kappa shape index (κ1) is 18.8. The quantitative estimate of drug-likeness (QED) is 0.868. The lowest BCUT2D eigenvalue weighted by molar-refractivity contribution is 0.311. The van der Waals surface area contributed by atoms with Crippen molar-refractivity contribution in [2.45, 2.75) is 6.04 Å². The Morgan fingerprint density at radius 1 is 1.24 bits per heavy atom. The molecule has 1 atom stereocenters. The van der Waals surface area contributed by atoms with E-state index in [1.807, 2.05) is 49.3 Å². The molecule has 0 aliphatic heterocycles. The van der Waals surface area contributed by atoms with Crippen LogP contribution < -0.4 is 16.6 Å². The molecule has 1 aromatic heterocycles. The summed E-state index contributed by atoms with van der Waals surface area (Å²) in [4.78, 5) is 26.2. The molecule has 2 aromatic rings. The predicted molar refractivity (Wildman–Crippen MR) is 98.0 cm³/mol. The molecule has 1 N–H and O–H groups in total. The zero-order chi connectivity index (χ0) is 18.7. The molecule has 0 spiro atoms. The summed E-state index contributed by atoms with van der Waals surface area (Å²) < 4.78 is 2.18. The highest BCUT2D eigenvalue weighted by Crippen LogP contribution is 2.26. The normalized spacial score (nSPS) is 12.0. The average molecular weight is 362 g/mol. The number of aromatic nitrogens is 2. The molecule has 7 nitrogen and oxygen atoms in total. The second kappa shape index (κ2) is 7.55. The Hall–Kier alpha value is -2.56. The first-order chi connectivity index (χ1) is 11.8. The zero-order valence-electron chi connectivity index (χ0n) is 14.6. The molecule has 1 heterocycles. The zero-order valence-corrected chi connectivity index (χ0v) is 15.3. The van der Waals surface area contributed by atoms with Crippen LogP contribution in [0.15, 0.2) is 33.9 Å². The summed E-state index contributed by atoms with van der Waals surface area (Å²) in [5.41, 5.74) is -0.298. The average Bonchev–Trinajstić information content (AvgIpc) is 2.58. The number of anilines is 1. The van der Waals surface area contributed by atoms with Crippen molar-refractivity contribution in [2.75, 3.05) is 26.0 Å². The molecule has 2 rings (SSSR count). The van der Waals surface area contributed by atoms with Gasteiger partial charge in [-0.25, -0.2) is 4.79 Å². The van der Waals surface area contributed by atoms with E-state index < -0.39 is 11.2 Å². The van der Waals surface area contributed by atoms with E-state index >= 15 is 0 Å². The van der Waals surface area contributed by atoms with Crippen LogP contribution in [0.4, 0.5) is 5.82 Å². The van der Waals surface area contributed by atoms with E-state index in [0.717, 1.165) is 10.1 Å². The maximum Gasteiger partial charge on any atom is 0.332 e. The van der Waals surface area contributed by atoms with Gasteiger partial charge in [-0.15, -0.1) is 0 Å². The van der Waals surface area contributed by atoms with E-state index in [9.17, 15) is 14.9 Å². The van der Waals surface area contributed by atoms with Gasteiger partial charge in [-0.1, -0.05) is 29.8 Å². The summed E-state index contributed by atoms with van der Waals surface area (Å²) in [6.45, 7) is 0.367. The SMILES string of the molecule is CN(C)C(CNc1c(C#N)c(=O)n(C)c(=O)n1C)c1ccccc1Cl. The van der Waals surface area contributed by atoms with Gasteiger partial charge in [0.2, 0.25) is 0 Å². The Kier molecular flexibility index (Phi) is 5.67. The minimum absolute atomic E-state index is 0.0961. The monoisotopic (exact) mass is 361 g/mol. The molecule has 0 aliphatic carbocycles. The van der Waals surface area contributed by atoms with Crippen molar-refractivity contribution in [2.24, 2.45) is 14.1 Å². The Labute approximate surface area is 150 Å². The number of halogens is 1. The van der Waals surface area contributed by atoms with Gasteiger partial charge in [0, 0.05) is 25.7 Å². The minimum Gasteiger partial charge on any atom is -0.368 e. The van der Waals surface area contributed by atoms with Gasteiger partial charge in [-0.2, -0.15) is 5.26 Å². The van der Waals surface area contributed by atoms with Crippen molar-refractivity contribution in [1.82, 2.24) is 14.0 Å². The van der Waals surface area contributed by atoms with Crippen molar-refractivity contribution in [1.29, 1.82) is 5.26 Å². The fourth-order valence-electron chi connectivity index (χ4n) is 2.66. The number of nitrogens with zero attached hydrogens (tertiary/aromatic N) is 4. The number of nitriles is 1. The molecule has 1 aromatic carbocycles. The lowest BCUT2D eigenvalue weighted by Crippen LogP contribution is -2.40. The number of likely N-dealkylation sites (N-methyl/N-ethyl adjacent to an activating group) is 1. The number of rotatable bonds is 5. The summed E-state index contributed by atoms with van der Waals surface area (Å²) in [5.74, 6) is 0.203. The van der Waals surface area contributed by atoms with Gasteiger partial charge in [-0.3, -0.25) is 13.9 Å². The highest BCUT2D eigenvalue weighted by atomic mass is 35.5. The summed E-state index contributed by atoms with van der Waals surface area (Å²) >= 11 is 6.29. The molecule has 0 amide bonds. The first-order valence-electron chi connectivity index (χ1n) is 7.64. The van der Waals surface area contributed by atoms with Crippen LogP contribution in [0.3, 0.4) is 0 Å². The smallest absolute Gasteiger partial charge is 0.332 e. The fourth-order valence-corrected chi connectivity index (χ4v) is 2.92. The van der Waals surface area contributed by atoms with Gasteiger partial charge in [-0.05, 0) is 25.7 Å². The van der Waals surface area contributed by atoms with Crippen LogP contribution in [0.25, 0.3) is 0 Å². The van der Waals surface area contributed by atoms with Gasteiger partial charge < -0.3 is 10.2 Å². The lowest BCUT2D eigenvalue weighted by Gasteiger charge is -2.27. The molecule has 0 bridgehead atoms. The van der Waals surface area contributed by atoms with Gasteiger partial charge in [0.05, 0.1) is 6.04 Å². The van der Waals surface area contributed by atoms with Crippen molar-refractivity contribution in [3.05, 3.63) is 61.3 Å². The maximum absolute atomic E-state index is 12.2. The van der Waals surface area contributed by atoms with E-state index in [1.54, 1.807) is 0 Å². The van der Waals surface area contributed by atoms with Gasteiger partial charge >= 0.3 is 5.69 Å². The van der Waals surface area contributed by atoms with Crippen molar-refractivity contribution >= 4 is 17.4 Å². The van der Waals surface area contributed by atoms with Gasteiger partial charge in [0.25, 0.3) is 5.56 Å². The number of nitrogens with one attached hydrogen (secondary N) is 1. The van der Waals surface area contributed by atoms with E-state index in [1.165, 1.54) is 18.7 Å². The Bertz CT molecular complexity index is 940. The molecule has 0 aliphatic rings. The van der Waals surface area contributed by atoms with Crippen LogP contribution in [0.1, 0.15) is 17.2 Å². The van der Waals surface area contributed by atoms with Crippen LogP contribution in [-0.4, -0.2) is 34.7 Å². The number of hydrogen-bond acceptors (Lipinski definition) is 5. The summed E-state index contributed by atoms with van der Waals surface area (Å²) in [6.07, 6.45) is 0. The molecule has 0 saturated carbocycles. The Balaban J connectivity index is 2.44. The fraction of sp³-hybridized carbons (Fsp3) is 0.353. The Morgan fingerprint density at radius 2 is 1.88 bits per heavy atom. The summed E-state index contributed by atoms with van der Waals surface area (Å²) in [6, 6.07) is 9.24. The highest BCUT2D eigenvalue weighted by Gasteiger charge is 2.20. The van der Waals surface area contributed by atoms with E-state index in [0.29, 0.717) is 11.6 Å². The third-order valence-electron chi connectivity index (χ3n) is 4.13. The molecule has 1 unspecified atom stereocenters. The topological polar surface area (TPSA) is 83.1 Å². The van der Waals surface area contributed by atoms with Crippen LogP contribution in [0, 0.1) is 11.3 Å². The Morgan fingerprint density at radius 3 is 2.44 bits per heavy atom. The summed E-state index contributed by atoms with van der Waals surface area (Å²) in [7, 11) is 6.68. The summed E-state index contributed by atoms with van der Waals surface area (Å²) in [5, 5.41) is 13.0. The molecular formula is C17H20ClN5O2. The molecule has 8 heteroatoms. The van der Waals surface area contributed by atoms with Crippen molar-refractivity contribution < 1.29 is 0 Å². The molecule has 25 heavy (non-hydrogen) atoms. The van der Waals surface area contributed by atoms with Crippen LogP contribution >= 0.6 is 11.6 Å². The molecular weight excluding hydrogens is 342 g/mol. The number of hydrogen-bond donors (Lipinski definition) is 1. The second-order valence-corrected chi connectivity index (χ2v) is 6.33. The second-order valence-electron chi connectivity index (χ2n) is 5.92.